The van der Waals surface area contributed by atoms with Crippen LogP contribution in [0.25, 0.3) is 0 Å². The van der Waals surface area contributed by atoms with E-state index in [1.807, 2.05) is 30.3 Å². The van der Waals surface area contributed by atoms with Gasteiger partial charge in [-0.25, -0.2) is 8.78 Å². The Bertz CT molecular complexity index is 973. The number of hydrogen-bond acceptors (Lipinski definition) is 3. The van der Waals surface area contributed by atoms with E-state index in [0.717, 1.165) is 23.4 Å². The van der Waals surface area contributed by atoms with Gasteiger partial charge < -0.3 is 9.64 Å². The minimum Gasteiger partial charge on any atom is -0.472 e. The molecule has 0 N–H and O–H groups in total. The normalized spacial score (nSPS) is 13.3. The zero-order valence-electron chi connectivity index (χ0n) is 14.4. The van der Waals surface area contributed by atoms with Crippen LogP contribution in [-0.4, -0.2) is 27.1 Å². The summed E-state index contributed by atoms with van der Waals surface area (Å²) in [6, 6.07) is 14.5. The van der Waals surface area contributed by atoms with Crippen molar-refractivity contribution in [2.45, 2.75) is 19.7 Å². The fourth-order valence-electron chi connectivity index (χ4n) is 3.05. The third-order valence-corrected chi connectivity index (χ3v) is 4.45. The van der Waals surface area contributed by atoms with E-state index in [4.69, 9.17) is 4.74 Å². The largest absolute Gasteiger partial charge is 0.472 e. The van der Waals surface area contributed by atoms with Crippen LogP contribution in [0.5, 0.6) is 5.88 Å². The highest BCUT2D eigenvalue weighted by atomic mass is 19.1. The molecule has 1 aliphatic rings. The molecule has 0 fully saturated rings. The number of hydrogen-bond donors (Lipinski definition) is 0. The van der Waals surface area contributed by atoms with Crippen LogP contribution in [0.3, 0.4) is 0 Å². The van der Waals surface area contributed by atoms with Gasteiger partial charge in [0, 0.05) is 18.7 Å². The highest BCUT2D eigenvalue weighted by Crippen LogP contribution is 2.21. The predicted octanol–water partition coefficient (Wildman–Crippen LogP) is 3.40. The van der Waals surface area contributed by atoms with Gasteiger partial charge in [0.2, 0.25) is 5.88 Å². The molecule has 3 aromatic rings. The van der Waals surface area contributed by atoms with Crippen LogP contribution in [0, 0.1) is 11.6 Å². The van der Waals surface area contributed by atoms with Gasteiger partial charge in [-0.15, -0.1) is 5.10 Å². The van der Waals surface area contributed by atoms with Crippen LogP contribution in [-0.2, 0) is 19.7 Å². The van der Waals surface area contributed by atoms with E-state index in [1.54, 1.807) is 10.7 Å². The third-order valence-electron chi connectivity index (χ3n) is 4.45. The van der Waals surface area contributed by atoms with Gasteiger partial charge in [0.1, 0.15) is 18.2 Å². The molecule has 1 aliphatic heterocycles. The van der Waals surface area contributed by atoms with Crippen LogP contribution >= 0.6 is 0 Å². The van der Waals surface area contributed by atoms with E-state index < -0.39 is 17.5 Å². The van der Waals surface area contributed by atoms with Crippen molar-refractivity contribution in [2.75, 3.05) is 6.54 Å². The Morgan fingerprint density at radius 1 is 1.07 bits per heavy atom. The standard InChI is InChI=1S/C20H17F2N3O2/c21-15-6-7-17(18(22)10-15)20(26)24-8-9-25-16(12-24)11-19(23-25)27-13-14-4-2-1-3-5-14/h1-7,10-11H,8-9,12-13H2. The molecule has 0 unspecified atom stereocenters. The van der Waals surface area contributed by atoms with Crippen molar-refractivity contribution in [2.24, 2.45) is 0 Å². The molecule has 1 aromatic heterocycles. The van der Waals surface area contributed by atoms with Crippen LogP contribution < -0.4 is 4.74 Å². The van der Waals surface area contributed by atoms with Crippen molar-refractivity contribution in [3.8, 4) is 5.88 Å². The quantitative estimate of drug-likeness (QED) is 0.708. The fourth-order valence-corrected chi connectivity index (χ4v) is 3.05. The number of benzene rings is 2. The summed E-state index contributed by atoms with van der Waals surface area (Å²) in [5.41, 5.74) is 1.71. The molecule has 0 saturated heterocycles. The minimum atomic E-state index is -0.856. The first-order valence-electron chi connectivity index (χ1n) is 8.58. The second-order valence-corrected chi connectivity index (χ2v) is 6.32. The van der Waals surface area contributed by atoms with Crippen molar-refractivity contribution in [1.82, 2.24) is 14.7 Å². The summed E-state index contributed by atoms with van der Waals surface area (Å²) in [5.74, 6) is -1.55. The number of fused-ring (bicyclic) bond motifs is 1. The van der Waals surface area contributed by atoms with Gasteiger partial charge in [0.25, 0.3) is 5.91 Å². The smallest absolute Gasteiger partial charge is 0.257 e. The first kappa shape index (κ1) is 17.2. The zero-order chi connectivity index (χ0) is 18.8. The van der Waals surface area contributed by atoms with E-state index in [0.29, 0.717) is 25.6 Å². The van der Waals surface area contributed by atoms with Gasteiger partial charge in [0.15, 0.2) is 0 Å². The van der Waals surface area contributed by atoms with Crippen molar-refractivity contribution in [3.05, 3.63) is 83.1 Å². The third kappa shape index (κ3) is 3.67. The average molecular weight is 369 g/mol. The maximum absolute atomic E-state index is 13.9. The van der Waals surface area contributed by atoms with Gasteiger partial charge in [0.05, 0.1) is 24.3 Å². The summed E-state index contributed by atoms with van der Waals surface area (Å²) >= 11 is 0. The molecule has 27 heavy (non-hydrogen) atoms. The number of amides is 1. The van der Waals surface area contributed by atoms with E-state index >= 15 is 0 Å². The van der Waals surface area contributed by atoms with Gasteiger partial charge >= 0.3 is 0 Å². The topological polar surface area (TPSA) is 47.4 Å². The molecule has 138 valence electrons. The monoisotopic (exact) mass is 369 g/mol. The van der Waals surface area contributed by atoms with Crippen molar-refractivity contribution >= 4 is 5.91 Å². The van der Waals surface area contributed by atoms with Gasteiger partial charge in [-0.2, -0.15) is 0 Å². The van der Waals surface area contributed by atoms with E-state index in [-0.39, 0.29) is 12.1 Å². The van der Waals surface area contributed by atoms with Gasteiger partial charge in [-0.05, 0) is 17.7 Å². The van der Waals surface area contributed by atoms with Gasteiger partial charge in [-0.3, -0.25) is 9.48 Å². The van der Waals surface area contributed by atoms with Crippen molar-refractivity contribution in [3.63, 3.8) is 0 Å². The second-order valence-electron chi connectivity index (χ2n) is 6.32. The van der Waals surface area contributed by atoms with Crippen LogP contribution in [0.4, 0.5) is 8.78 Å². The highest BCUT2D eigenvalue weighted by molar-refractivity contribution is 5.94. The molecule has 0 saturated carbocycles. The lowest BCUT2D eigenvalue weighted by molar-refractivity contribution is 0.0701. The summed E-state index contributed by atoms with van der Waals surface area (Å²) in [6.07, 6.45) is 0. The Labute approximate surface area is 154 Å². The minimum absolute atomic E-state index is 0.134. The molecule has 0 spiro atoms. The molecular weight excluding hydrogens is 352 g/mol. The predicted molar refractivity (Wildman–Crippen MR) is 94.1 cm³/mol. The first-order valence-corrected chi connectivity index (χ1v) is 8.58. The van der Waals surface area contributed by atoms with E-state index in [2.05, 4.69) is 5.10 Å². The lowest BCUT2D eigenvalue weighted by atomic mass is 10.1. The number of carbonyl (C=O) groups is 1. The Hall–Kier alpha value is -3.22. The molecule has 1 amide bonds. The lowest BCUT2D eigenvalue weighted by Gasteiger charge is -2.27. The molecule has 2 heterocycles. The summed E-state index contributed by atoms with van der Waals surface area (Å²) < 4.78 is 34.5. The number of nitrogens with zero attached hydrogens (tertiary/aromatic N) is 3. The average Bonchev–Trinajstić information content (AvgIpc) is 3.09. The second kappa shape index (κ2) is 7.19. The summed E-state index contributed by atoms with van der Waals surface area (Å²) in [7, 11) is 0. The molecule has 0 bridgehead atoms. The van der Waals surface area contributed by atoms with E-state index in [9.17, 15) is 13.6 Å². The van der Waals surface area contributed by atoms with E-state index in [1.165, 1.54) is 11.0 Å². The van der Waals surface area contributed by atoms with Gasteiger partial charge in [-0.1, -0.05) is 30.3 Å². The molecule has 2 aromatic carbocycles. The highest BCUT2D eigenvalue weighted by Gasteiger charge is 2.25. The first-order chi connectivity index (χ1) is 13.1. The summed E-state index contributed by atoms with van der Waals surface area (Å²) in [4.78, 5) is 14.1. The lowest BCUT2D eigenvalue weighted by Crippen LogP contribution is -2.38. The Morgan fingerprint density at radius 2 is 1.89 bits per heavy atom. The van der Waals surface area contributed by atoms with Crippen molar-refractivity contribution < 1.29 is 18.3 Å². The summed E-state index contributed by atoms with van der Waals surface area (Å²) in [5, 5.41) is 4.39. The SMILES string of the molecule is O=C(c1ccc(F)cc1F)N1CCn2nc(OCc3ccccc3)cc2C1. The van der Waals surface area contributed by atoms with Crippen LogP contribution in [0.1, 0.15) is 21.6 Å². The fraction of sp³-hybridized carbons (Fsp3) is 0.200. The Balaban J connectivity index is 1.45. The number of rotatable bonds is 4. The molecule has 0 radical (unpaired) electrons. The number of ether oxygens (including phenoxy) is 1. The van der Waals surface area contributed by atoms with Crippen molar-refractivity contribution in [1.29, 1.82) is 0 Å². The number of carbonyl (C=O) groups excluding carboxylic acids is 1. The molecular formula is C20H17F2N3O2. The Morgan fingerprint density at radius 3 is 2.67 bits per heavy atom. The molecule has 0 aliphatic carbocycles. The molecule has 5 nitrogen and oxygen atoms in total. The summed E-state index contributed by atoms with van der Waals surface area (Å²) in [6.45, 7) is 1.57. The maximum Gasteiger partial charge on any atom is 0.257 e. The Kier molecular flexibility index (Phi) is 4.58. The van der Waals surface area contributed by atoms with Crippen LogP contribution in [0.2, 0.25) is 0 Å². The van der Waals surface area contributed by atoms with Crippen LogP contribution in [0.15, 0.2) is 54.6 Å². The number of aromatic nitrogens is 2. The molecule has 7 heteroatoms. The zero-order valence-corrected chi connectivity index (χ0v) is 14.4. The molecule has 0 atom stereocenters. The number of halogens is 2. The maximum atomic E-state index is 13.9. The molecule has 4 rings (SSSR count).